The number of rotatable bonds is 3. The highest BCUT2D eigenvalue weighted by Crippen LogP contribution is 2.17. The molecule has 1 rings (SSSR count). The third kappa shape index (κ3) is 5.30. The van der Waals surface area contributed by atoms with E-state index in [0.29, 0.717) is 6.54 Å². The van der Waals surface area contributed by atoms with E-state index < -0.39 is 0 Å². The van der Waals surface area contributed by atoms with Crippen LogP contribution in [0.25, 0.3) is 0 Å². The lowest BCUT2D eigenvalue weighted by Gasteiger charge is -2.26. The van der Waals surface area contributed by atoms with Gasteiger partial charge in [0.25, 0.3) is 0 Å². The molecule has 0 aliphatic heterocycles. The number of carbonyl (C=O) groups excluding carboxylic acids is 1. The van der Waals surface area contributed by atoms with Gasteiger partial charge in [-0.1, -0.05) is 32.9 Å². The molecule has 0 saturated heterocycles. The Bertz CT molecular complexity index is 418. The quantitative estimate of drug-likeness (QED) is 0.879. The van der Waals surface area contributed by atoms with E-state index in [-0.39, 0.29) is 17.5 Å². The Morgan fingerprint density at radius 2 is 1.84 bits per heavy atom. The fourth-order valence-electron chi connectivity index (χ4n) is 1.87. The number of urea groups is 1. The van der Waals surface area contributed by atoms with Crippen LogP contribution in [0.3, 0.4) is 0 Å². The van der Waals surface area contributed by atoms with Crippen molar-refractivity contribution < 1.29 is 4.79 Å². The van der Waals surface area contributed by atoms with Crippen molar-refractivity contribution in [1.82, 2.24) is 4.90 Å². The monoisotopic (exact) mass is 263 g/mol. The van der Waals surface area contributed by atoms with Crippen LogP contribution in [0.1, 0.15) is 39.3 Å². The second-order valence-corrected chi connectivity index (χ2v) is 6.26. The molecule has 19 heavy (non-hydrogen) atoms. The van der Waals surface area contributed by atoms with Gasteiger partial charge < -0.3 is 16.0 Å². The minimum atomic E-state index is -0.0940. The molecular weight excluding hydrogens is 238 g/mol. The van der Waals surface area contributed by atoms with Crippen molar-refractivity contribution in [2.24, 2.45) is 11.1 Å². The number of amides is 2. The number of nitrogens with zero attached hydrogens (tertiary/aromatic N) is 1. The largest absolute Gasteiger partial charge is 0.327 e. The van der Waals surface area contributed by atoms with Gasteiger partial charge in [0.1, 0.15) is 0 Å². The van der Waals surface area contributed by atoms with E-state index in [4.69, 9.17) is 5.73 Å². The highest BCUT2D eigenvalue weighted by atomic mass is 16.2. The first-order valence-electron chi connectivity index (χ1n) is 6.57. The Hall–Kier alpha value is -1.55. The van der Waals surface area contributed by atoms with E-state index in [2.05, 4.69) is 26.1 Å². The second-order valence-electron chi connectivity index (χ2n) is 6.26. The Kier molecular flexibility index (Phi) is 4.95. The first kappa shape index (κ1) is 15.5. The summed E-state index contributed by atoms with van der Waals surface area (Å²) in [5.41, 5.74) is 7.72. The summed E-state index contributed by atoms with van der Waals surface area (Å²) in [4.78, 5) is 13.7. The second kappa shape index (κ2) is 6.06. The molecule has 0 heterocycles. The number of hydrogen-bond donors (Lipinski definition) is 2. The van der Waals surface area contributed by atoms with Crippen molar-refractivity contribution in [2.45, 2.75) is 33.7 Å². The van der Waals surface area contributed by atoms with Crippen LogP contribution in [0.15, 0.2) is 24.3 Å². The lowest BCUT2D eigenvalue weighted by atomic mass is 9.96. The normalized spacial score (nSPS) is 12.9. The van der Waals surface area contributed by atoms with Crippen molar-refractivity contribution in [1.29, 1.82) is 0 Å². The maximum atomic E-state index is 12.0. The van der Waals surface area contributed by atoms with Gasteiger partial charge in [0.15, 0.2) is 0 Å². The van der Waals surface area contributed by atoms with E-state index in [0.717, 1.165) is 11.3 Å². The number of benzene rings is 1. The predicted octanol–water partition coefficient (Wildman–Crippen LogP) is 3.22. The smallest absolute Gasteiger partial charge is 0.321 e. The molecule has 4 heteroatoms. The molecule has 1 unspecified atom stereocenters. The predicted molar refractivity (Wildman–Crippen MR) is 80.1 cm³/mol. The highest BCUT2D eigenvalue weighted by Gasteiger charge is 2.17. The number of nitrogens with two attached hydrogens (primary N) is 1. The van der Waals surface area contributed by atoms with Crippen LogP contribution in [0, 0.1) is 5.41 Å². The molecular formula is C15H25N3O. The summed E-state index contributed by atoms with van der Waals surface area (Å²) < 4.78 is 0. The molecule has 106 valence electrons. The van der Waals surface area contributed by atoms with Gasteiger partial charge >= 0.3 is 6.03 Å². The van der Waals surface area contributed by atoms with Gasteiger partial charge in [-0.3, -0.25) is 0 Å². The summed E-state index contributed by atoms with van der Waals surface area (Å²) in [6.07, 6.45) is 0. The number of anilines is 1. The Balaban J connectivity index is 2.61. The minimum Gasteiger partial charge on any atom is -0.327 e. The van der Waals surface area contributed by atoms with Crippen molar-refractivity contribution in [3.05, 3.63) is 29.8 Å². The molecule has 0 bridgehead atoms. The molecule has 2 amide bonds. The molecule has 0 aliphatic carbocycles. The first-order valence-corrected chi connectivity index (χ1v) is 6.57. The van der Waals surface area contributed by atoms with Crippen LogP contribution < -0.4 is 11.1 Å². The zero-order valence-corrected chi connectivity index (χ0v) is 12.5. The van der Waals surface area contributed by atoms with Gasteiger partial charge in [-0.25, -0.2) is 4.79 Å². The zero-order valence-electron chi connectivity index (χ0n) is 12.5. The Labute approximate surface area is 116 Å². The molecule has 1 atom stereocenters. The van der Waals surface area contributed by atoms with Gasteiger partial charge in [-0.2, -0.15) is 0 Å². The topological polar surface area (TPSA) is 58.4 Å². The van der Waals surface area contributed by atoms with Gasteiger partial charge in [-0.05, 0) is 30.0 Å². The van der Waals surface area contributed by atoms with Crippen LogP contribution in [-0.2, 0) is 0 Å². The number of hydrogen-bond acceptors (Lipinski definition) is 2. The maximum absolute atomic E-state index is 12.0. The van der Waals surface area contributed by atoms with Crippen LogP contribution >= 0.6 is 0 Å². The lowest BCUT2D eigenvalue weighted by molar-refractivity contribution is 0.201. The fourth-order valence-corrected chi connectivity index (χ4v) is 1.87. The van der Waals surface area contributed by atoms with E-state index in [1.165, 1.54) is 0 Å². The summed E-state index contributed by atoms with van der Waals surface area (Å²) >= 11 is 0. The number of nitrogens with one attached hydrogen (secondary N) is 1. The standard InChI is InChI=1S/C15H25N3O/c1-11(16)12-6-8-13(9-7-12)17-14(19)18(5)10-15(2,3)4/h6-9,11H,10,16H2,1-5H3,(H,17,19). The lowest BCUT2D eigenvalue weighted by Crippen LogP contribution is -2.37. The molecule has 0 radical (unpaired) electrons. The van der Waals surface area contributed by atoms with Crippen molar-refractivity contribution in [3.63, 3.8) is 0 Å². The molecule has 3 N–H and O–H groups in total. The van der Waals surface area contributed by atoms with E-state index >= 15 is 0 Å². The Morgan fingerprint density at radius 1 is 1.32 bits per heavy atom. The maximum Gasteiger partial charge on any atom is 0.321 e. The van der Waals surface area contributed by atoms with Crippen molar-refractivity contribution in [2.75, 3.05) is 18.9 Å². The Morgan fingerprint density at radius 3 is 2.26 bits per heavy atom. The molecule has 0 saturated carbocycles. The van der Waals surface area contributed by atoms with E-state index in [9.17, 15) is 4.79 Å². The van der Waals surface area contributed by atoms with Gasteiger partial charge in [0, 0.05) is 25.3 Å². The van der Waals surface area contributed by atoms with Crippen LogP contribution in [0.4, 0.5) is 10.5 Å². The fraction of sp³-hybridized carbons (Fsp3) is 0.533. The van der Waals surface area contributed by atoms with Gasteiger partial charge in [0.05, 0.1) is 0 Å². The molecule has 0 aliphatic rings. The molecule has 0 spiro atoms. The number of carbonyl (C=O) groups is 1. The molecule has 0 aromatic heterocycles. The SMILES string of the molecule is CC(N)c1ccc(NC(=O)N(C)CC(C)(C)C)cc1. The minimum absolute atomic E-state index is 0.00770. The van der Waals surface area contributed by atoms with Crippen LogP contribution in [0.5, 0.6) is 0 Å². The zero-order chi connectivity index (χ0) is 14.6. The molecule has 1 aromatic rings. The molecule has 0 fully saturated rings. The third-order valence-corrected chi connectivity index (χ3v) is 2.75. The molecule has 4 nitrogen and oxygen atoms in total. The summed E-state index contributed by atoms with van der Waals surface area (Å²) in [6, 6.07) is 7.54. The van der Waals surface area contributed by atoms with Crippen LogP contribution in [0.2, 0.25) is 0 Å². The summed E-state index contributed by atoms with van der Waals surface area (Å²) in [6.45, 7) is 8.96. The first-order chi connectivity index (χ1) is 8.69. The summed E-state index contributed by atoms with van der Waals surface area (Å²) in [5, 5.41) is 2.88. The van der Waals surface area contributed by atoms with Gasteiger partial charge in [0.2, 0.25) is 0 Å². The average molecular weight is 263 g/mol. The van der Waals surface area contributed by atoms with E-state index in [1.807, 2.05) is 31.2 Å². The van der Waals surface area contributed by atoms with E-state index in [1.54, 1.807) is 11.9 Å². The van der Waals surface area contributed by atoms with Gasteiger partial charge in [-0.15, -0.1) is 0 Å². The third-order valence-electron chi connectivity index (χ3n) is 2.75. The summed E-state index contributed by atoms with van der Waals surface area (Å²) in [5.74, 6) is 0. The average Bonchev–Trinajstić information content (AvgIpc) is 2.27. The van der Waals surface area contributed by atoms with Crippen LogP contribution in [-0.4, -0.2) is 24.5 Å². The van der Waals surface area contributed by atoms with Crippen molar-refractivity contribution in [3.8, 4) is 0 Å². The van der Waals surface area contributed by atoms with Crippen molar-refractivity contribution >= 4 is 11.7 Å². The molecule has 1 aromatic carbocycles. The summed E-state index contributed by atoms with van der Waals surface area (Å²) in [7, 11) is 1.80. The highest BCUT2D eigenvalue weighted by molar-refractivity contribution is 5.89.